The van der Waals surface area contributed by atoms with Gasteiger partial charge < -0.3 is 15.5 Å². The van der Waals surface area contributed by atoms with Crippen molar-refractivity contribution in [2.45, 2.75) is 39.0 Å². The zero-order valence-corrected chi connectivity index (χ0v) is 17.9. The first kappa shape index (κ1) is 21.1. The summed E-state index contributed by atoms with van der Waals surface area (Å²) in [6.07, 6.45) is 6.76. The minimum absolute atomic E-state index is 0.205. The molecule has 1 saturated carbocycles. The monoisotopic (exact) mass is 395 g/mol. The van der Waals surface area contributed by atoms with Gasteiger partial charge in [-0.1, -0.05) is 37.1 Å². The van der Waals surface area contributed by atoms with E-state index in [9.17, 15) is 4.79 Å². The van der Waals surface area contributed by atoms with Crippen LogP contribution in [0.2, 0.25) is 0 Å². The molecule has 1 amide bonds. The zero-order valence-electron chi connectivity index (χ0n) is 17.9. The fourth-order valence-corrected chi connectivity index (χ4v) is 4.22. The molecule has 6 nitrogen and oxygen atoms in total. The Hall–Kier alpha value is -2.63. The molecule has 0 bridgehead atoms. The number of guanidine groups is 1. The maximum absolute atomic E-state index is 12.8. The third-order valence-corrected chi connectivity index (χ3v) is 5.71. The van der Waals surface area contributed by atoms with Crippen LogP contribution < -0.4 is 10.6 Å². The van der Waals surface area contributed by atoms with E-state index in [1.54, 1.807) is 4.90 Å². The molecule has 1 aromatic carbocycles. The highest BCUT2D eigenvalue weighted by Gasteiger charge is 2.42. The topological polar surface area (TPSA) is 69.6 Å². The highest BCUT2D eigenvalue weighted by Crippen LogP contribution is 2.39. The van der Waals surface area contributed by atoms with Crippen molar-refractivity contribution in [2.24, 2.45) is 10.4 Å². The summed E-state index contributed by atoms with van der Waals surface area (Å²) in [5.74, 6) is 0.981. The van der Waals surface area contributed by atoms with E-state index in [0.29, 0.717) is 6.54 Å². The molecule has 0 radical (unpaired) electrons. The van der Waals surface area contributed by atoms with Crippen molar-refractivity contribution in [3.8, 4) is 0 Å². The standard InChI is InChI=1S/C23H33N5O/c1-4-24-22(27-17-23(13-5-6-14-23)21(29)28(2)3)26-16-12-19-10-7-9-18-11-8-15-25-20(18)19/h7-11,15H,4-6,12-14,16-17H2,1-3H3,(H2,24,26,27). The van der Waals surface area contributed by atoms with Crippen molar-refractivity contribution in [1.82, 2.24) is 20.5 Å². The molecule has 1 heterocycles. The molecule has 0 spiro atoms. The molecule has 1 fully saturated rings. The minimum Gasteiger partial charge on any atom is -0.357 e. The molecular formula is C23H33N5O. The Balaban J connectivity index is 1.65. The first-order chi connectivity index (χ1) is 14.1. The Bertz CT molecular complexity index is 850. The molecule has 2 aromatic rings. The van der Waals surface area contributed by atoms with Gasteiger partial charge in [-0.05, 0) is 37.8 Å². The summed E-state index contributed by atoms with van der Waals surface area (Å²) in [7, 11) is 3.68. The van der Waals surface area contributed by atoms with Gasteiger partial charge in [0.1, 0.15) is 0 Å². The number of hydrogen-bond donors (Lipinski definition) is 2. The first-order valence-corrected chi connectivity index (χ1v) is 10.6. The summed E-state index contributed by atoms with van der Waals surface area (Å²) in [5, 5.41) is 7.91. The van der Waals surface area contributed by atoms with Gasteiger partial charge in [-0.2, -0.15) is 0 Å². The summed E-state index contributed by atoms with van der Waals surface area (Å²) in [4.78, 5) is 23.8. The molecule has 1 aliphatic rings. The average Bonchev–Trinajstić information content (AvgIpc) is 3.21. The highest BCUT2D eigenvalue weighted by molar-refractivity contribution is 5.84. The van der Waals surface area contributed by atoms with Crippen LogP contribution in [0, 0.1) is 5.41 Å². The number of nitrogens with zero attached hydrogens (tertiary/aromatic N) is 3. The lowest BCUT2D eigenvalue weighted by Gasteiger charge is -2.29. The van der Waals surface area contributed by atoms with Crippen LogP contribution in [0.25, 0.3) is 10.9 Å². The molecule has 3 rings (SSSR count). The third kappa shape index (κ3) is 5.05. The second-order valence-corrected chi connectivity index (χ2v) is 8.05. The predicted molar refractivity (Wildman–Crippen MR) is 119 cm³/mol. The Morgan fingerprint density at radius 3 is 2.66 bits per heavy atom. The summed E-state index contributed by atoms with van der Waals surface area (Å²) < 4.78 is 0. The molecule has 0 aliphatic heterocycles. The smallest absolute Gasteiger partial charge is 0.230 e. The molecule has 29 heavy (non-hydrogen) atoms. The molecule has 0 atom stereocenters. The normalized spacial score (nSPS) is 16.0. The van der Waals surface area contributed by atoms with E-state index in [2.05, 4.69) is 46.8 Å². The SMILES string of the molecule is CCNC(=NCC1(C(=O)N(C)C)CCCC1)NCCc1cccc2cccnc12. The van der Waals surface area contributed by atoms with Crippen LogP contribution in [-0.2, 0) is 11.2 Å². The lowest BCUT2D eigenvalue weighted by molar-refractivity contribution is -0.138. The van der Waals surface area contributed by atoms with Gasteiger partial charge in [-0.3, -0.25) is 14.8 Å². The van der Waals surface area contributed by atoms with Gasteiger partial charge >= 0.3 is 0 Å². The van der Waals surface area contributed by atoms with Gasteiger partial charge in [0.25, 0.3) is 0 Å². The fraction of sp³-hybridized carbons (Fsp3) is 0.522. The second kappa shape index (κ2) is 9.72. The van der Waals surface area contributed by atoms with Crippen LogP contribution in [0.5, 0.6) is 0 Å². The van der Waals surface area contributed by atoms with Crippen LogP contribution in [0.15, 0.2) is 41.5 Å². The number of benzene rings is 1. The van der Waals surface area contributed by atoms with Gasteiger partial charge in [0.05, 0.1) is 17.5 Å². The largest absolute Gasteiger partial charge is 0.357 e. The van der Waals surface area contributed by atoms with E-state index in [1.807, 2.05) is 26.4 Å². The second-order valence-electron chi connectivity index (χ2n) is 8.05. The zero-order chi connectivity index (χ0) is 20.7. The maximum atomic E-state index is 12.8. The summed E-state index contributed by atoms with van der Waals surface area (Å²) in [5.41, 5.74) is 1.94. The van der Waals surface area contributed by atoms with Crippen LogP contribution in [0.4, 0.5) is 0 Å². The Morgan fingerprint density at radius 1 is 1.17 bits per heavy atom. The summed E-state index contributed by atoms with van der Waals surface area (Å²) in [6.45, 7) is 4.14. The van der Waals surface area contributed by atoms with Crippen LogP contribution >= 0.6 is 0 Å². The van der Waals surface area contributed by atoms with Crippen molar-refractivity contribution >= 4 is 22.8 Å². The number of aliphatic imine (C=N–C) groups is 1. The van der Waals surface area contributed by atoms with Gasteiger partial charge in [0.15, 0.2) is 5.96 Å². The van der Waals surface area contributed by atoms with Gasteiger partial charge in [0.2, 0.25) is 5.91 Å². The summed E-state index contributed by atoms with van der Waals surface area (Å²) >= 11 is 0. The lowest BCUT2D eigenvalue weighted by atomic mass is 9.85. The molecule has 0 saturated heterocycles. The number of amides is 1. The van der Waals surface area contributed by atoms with Gasteiger partial charge in [0, 0.05) is 38.8 Å². The number of fused-ring (bicyclic) bond motifs is 1. The van der Waals surface area contributed by atoms with Crippen LogP contribution in [-0.4, -0.2) is 55.5 Å². The van der Waals surface area contributed by atoms with E-state index >= 15 is 0 Å². The number of pyridine rings is 1. The van der Waals surface area contributed by atoms with Crippen molar-refractivity contribution in [3.63, 3.8) is 0 Å². The maximum Gasteiger partial charge on any atom is 0.230 e. The molecule has 6 heteroatoms. The van der Waals surface area contributed by atoms with Gasteiger partial charge in [-0.25, -0.2) is 0 Å². The van der Waals surface area contributed by atoms with Crippen LogP contribution in [0.3, 0.4) is 0 Å². The molecule has 156 valence electrons. The summed E-state index contributed by atoms with van der Waals surface area (Å²) in [6, 6.07) is 10.4. The Morgan fingerprint density at radius 2 is 1.93 bits per heavy atom. The van der Waals surface area contributed by atoms with Crippen molar-refractivity contribution < 1.29 is 4.79 Å². The molecule has 1 aromatic heterocycles. The van der Waals surface area contributed by atoms with E-state index in [1.165, 1.54) is 5.56 Å². The number of rotatable bonds is 7. The van der Waals surface area contributed by atoms with Gasteiger partial charge in [-0.15, -0.1) is 0 Å². The van der Waals surface area contributed by atoms with E-state index in [4.69, 9.17) is 4.99 Å². The number of carbonyl (C=O) groups is 1. The number of aromatic nitrogens is 1. The quantitative estimate of drug-likeness (QED) is 0.559. The first-order valence-electron chi connectivity index (χ1n) is 10.6. The average molecular weight is 396 g/mol. The fourth-order valence-electron chi connectivity index (χ4n) is 4.22. The number of carbonyl (C=O) groups excluding carboxylic acids is 1. The number of para-hydroxylation sites is 1. The van der Waals surface area contributed by atoms with Crippen molar-refractivity contribution in [1.29, 1.82) is 0 Å². The van der Waals surface area contributed by atoms with E-state index < -0.39 is 0 Å². The van der Waals surface area contributed by atoms with Crippen molar-refractivity contribution in [2.75, 3.05) is 33.7 Å². The van der Waals surface area contributed by atoms with Crippen LogP contribution in [0.1, 0.15) is 38.2 Å². The van der Waals surface area contributed by atoms with E-state index in [-0.39, 0.29) is 11.3 Å². The Kier molecular flexibility index (Phi) is 7.07. The number of hydrogen-bond acceptors (Lipinski definition) is 3. The number of nitrogens with one attached hydrogen (secondary N) is 2. The Labute approximate surface area is 173 Å². The lowest BCUT2D eigenvalue weighted by Crippen LogP contribution is -2.43. The minimum atomic E-state index is -0.342. The van der Waals surface area contributed by atoms with E-state index in [0.717, 1.165) is 62.1 Å². The molecule has 2 N–H and O–H groups in total. The highest BCUT2D eigenvalue weighted by atomic mass is 16.2. The molecular weight excluding hydrogens is 362 g/mol. The van der Waals surface area contributed by atoms with Crippen molar-refractivity contribution in [3.05, 3.63) is 42.1 Å². The molecule has 1 aliphatic carbocycles. The third-order valence-electron chi connectivity index (χ3n) is 5.71. The molecule has 0 unspecified atom stereocenters. The predicted octanol–water partition coefficient (Wildman–Crippen LogP) is 2.98.